The van der Waals surface area contributed by atoms with Gasteiger partial charge in [0.2, 0.25) is 0 Å². The second-order valence-electron chi connectivity index (χ2n) is 2.88. The minimum Gasteiger partial charge on any atom is -0.507 e. The van der Waals surface area contributed by atoms with Gasteiger partial charge in [0, 0.05) is 5.56 Å². The molecule has 0 aliphatic carbocycles. The van der Waals surface area contributed by atoms with Crippen molar-refractivity contribution in [3.8, 4) is 16.9 Å². The van der Waals surface area contributed by atoms with Crippen LogP contribution in [-0.4, -0.2) is 5.11 Å². The second-order valence-corrected chi connectivity index (χ2v) is 2.88. The molecule has 0 radical (unpaired) electrons. The van der Waals surface area contributed by atoms with Gasteiger partial charge < -0.3 is 5.11 Å². The lowest BCUT2D eigenvalue weighted by atomic mass is 10.1. The van der Waals surface area contributed by atoms with E-state index in [0.29, 0.717) is 5.75 Å². The third kappa shape index (κ3) is 2.84. The molecule has 1 N–H and O–H groups in total. The molecule has 15 heavy (non-hydrogen) atoms. The summed E-state index contributed by atoms with van der Waals surface area (Å²) >= 11 is 0. The lowest BCUT2D eigenvalue weighted by Crippen LogP contribution is -1.76. The molecule has 1 heteroatoms. The predicted molar refractivity (Wildman–Crippen MR) is 64.9 cm³/mol. The van der Waals surface area contributed by atoms with E-state index in [-0.39, 0.29) is 0 Å². The molecule has 0 bridgehead atoms. The van der Waals surface area contributed by atoms with E-state index in [2.05, 4.69) is 0 Å². The summed E-state index contributed by atoms with van der Waals surface area (Å²) in [5.41, 5.74) is 1.92. The first-order valence-electron chi connectivity index (χ1n) is 5.21. The van der Waals surface area contributed by atoms with Gasteiger partial charge in [0.15, 0.2) is 0 Å². The molecule has 0 aliphatic heterocycles. The van der Waals surface area contributed by atoms with Crippen LogP contribution in [0.5, 0.6) is 5.75 Å². The Labute approximate surface area is 91.0 Å². The van der Waals surface area contributed by atoms with Gasteiger partial charge in [0.1, 0.15) is 5.75 Å². The summed E-state index contributed by atoms with van der Waals surface area (Å²) in [6, 6.07) is 17.2. The van der Waals surface area contributed by atoms with Crippen molar-refractivity contribution in [2.45, 2.75) is 13.8 Å². The Morgan fingerprint density at radius 1 is 0.733 bits per heavy atom. The fourth-order valence-corrected chi connectivity index (χ4v) is 1.34. The normalized spacial score (nSPS) is 8.93. The van der Waals surface area contributed by atoms with Crippen molar-refractivity contribution in [1.29, 1.82) is 0 Å². The van der Waals surface area contributed by atoms with E-state index in [1.807, 2.05) is 62.4 Å². The Morgan fingerprint density at radius 3 is 1.87 bits per heavy atom. The Bertz CT molecular complexity index is 393. The van der Waals surface area contributed by atoms with Crippen molar-refractivity contribution in [1.82, 2.24) is 0 Å². The van der Waals surface area contributed by atoms with Gasteiger partial charge >= 0.3 is 0 Å². The van der Waals surface area contributed by atoms with Crippen molar-refractivity contribution < 1.29 is 5.11 Å². The Balaban J connectivity index is 0.000000531. The highest BCUT2D eigenvalue weighted by molar-refractivity contribution is 5.69. The summed E-state index contributed by atoms with van der Waals surface area (Å²) in [5.74, 6) is 0.328. The lowest BCUT2D eigenvalue weighted by Gasteiger charge is -2.02. The molecule has 2 aromatic rings. The van der Waals surface area contributed by atoms with Crippen LogP contribution in [0.4, 0.5) is 0 Å². The first-order chi connectivity index (χ1) is 7.38. The van der Waals surface area contributed by atoms with Crippen LogP contribution >= 0.6 is 0 Å². The quantitative estimate of drug-likeness (QED) is 0.735. The highest BCUT2D eigenvalue weighted by Gasteiger charge is 2.00. The number of phenols is 1. The Hall–Kier alpha value is -1.76. The van der Waals surface area contributed by atoms with E-state index in [0.717, 1.165) is 11.1 Å². The number of para-hydroxylation sites is 1. The van der Waals surface area contributed by atoms with Crippen molar-refractivity contribution in [2.75, 3.05) is 0 Å². The highest BCUT2D eigenvalue weighted by Crippen LogP contribution is 2.27. The standard InChI is InChI=1S/C12H10O.C2H6/c13-12-9-5-4-8-11(12)10-6-2-1-3-7-10;1-2/h1-9,13H;1-2H3. The molecule has 2 rings (SSSR count). The fourth-order valence-electron chi connectivity index (χ4n) is 1.34. The maximum atomic E-state index is 9.56. The van der Waals surface area contributed by atoms with Gasteiger partial charge in [-0.3, -0.25) is 0 Å². The molecule has 0 aromatic heterocycles. The molecule has 2 aromatic carbocycles. The summed E-state index contributed by atoms with van der Waals surface area (Å²) in [5, 5.41) is 9.56. The minimum absolute atomic E-state index is 0.328. The highest BCUT2D eigenvalue weighted by atomic mass is 16.3. The maximum Gasteiger partial charge on any atom is 0.123 e. The van der Waals surface area contributed by atoms with Gasteiger partial charge in [-0.05, 0) is 11.6 Å². The van der Waals surface area contributed by atoms with Crippen molar-refractivity contribution in [3.05, 3.63) is 54.6 Å². The van der Waals surface area contributed by atoms with Gasteiger partial charge in [-0.1, -0.05) is 62.4 Å². The van der Waals surface area contributed by atoms with Crippen molar-refractivity contribution in [2.24, 2.45) is 0 Å². The first kappa shape index (κ1) is 11.3. The zero-order valence-corrected chi connectivity index (χ0v) is 9.14. The molecule has 0 atom stereocenters. The smallest absolute Gasteiger partial charge is 0.123 e. The topological polar surface area (TPSA) is 20.2 Å². The molecule has 1 nitrogen and oxygen atoms in total. The van der Waals surface area contributed by atoms with E-state index < -0.39 is 0 Å². The SMILES string of the molecule is CC.Oc1ccccc1-c1ccccc1. The third-order valence-electron chi connectivity index (χ3n) is 1.99. The molecule has 0 unspecified atom stereocenters. The zero-order chi connectivity index (χ0) is 11.1. The minimum atomic E-state index is 0.328. The van der Waals surface area contributed by atoms with Crippen LogP contribution < -0.4 is 0 Å². The number of phenolic OH excluding ortho intramolecular Hbond substituents is 1. The van der Waals surface area contributed by atoms with E-state index >= 15 is 0 Å². The van der Waals surface area contributed by atoms with Crippen LogP contribution in [0.15, 0.2) is 54.6 Å². The summed E-state index contributed by atoms with van der Waals surface area (Å²) in [6.45, 7) is 4.00. The summed E-state index contributed by atoms with van der Waals surface area (Å²) < 4.78 is 0. The molecule has 0 fully saturated rings. The molecule has 0 aliphatic rings. The average Bonchev–Trinajstić information content (AvgIpc) is 2.33. The van der Waals surface area contributed by atoms with Gasteiger partial charge in [0.25, 0.3) is 0 Å². The van der Waals surface area contributed by atoms with Gasteiger partial charge in [-0.25, -0.2) is 0 Å². The molecular formula is C14H16O. The molecular weight excluding hydrogens is 184 g/mol. The van der Waals surface area contributed by atoms with Crippen LogP contribution in [0.1, 0.15) is 13.8 Å². The largest absolute Gasteiger partial charge is 0.507 e. The van der Waals surface area contributed by atoms with Crippen molar-refractivity contribution >= 4 is 0 Å². The van der Waals surface area contributed by atoms with Gasteiger partial charge in [0.05, 0.1) is 0 Å². The van der Waals surface area contributed by atoms with E-state index in [9.17, 15) is 5.11 Å². The number of benzene rings is 2. The van der Waals surface area contributed by atoms with E-state index in [1.54, 1.807) is 6.07 Å². The number of aromatic hydroxyl groups is 1. The number of hydrogen-bond donors (Lipinski definition) is 1. The van der Waals surface area contributed by atoms with E-state index in [1.165, 1.54) is 0 Å². The Morgan fingerprint density at radius 2 is 1.27 bits per heavy atom. The lowest BCUT2D eigenvalue weighted by molar-refractivity contribution is 0.477. The summed E-state index contributed by atoms with van der Waals surface area (Å²) in [7, 11) is 0. The molecule has 0 saturated carbocycles. The van der Waals surface area contributed by atoms with Gasteiger partial charge in [-0.2, -0.15) is 0 Å². The average molecular weight is 200 g/mol. The molecule has 78 valence electrons. The zero-order valence-electron chi connectivity index (χ0n) is 9.14. The van der Waals surface area contributed by atoms with Crippen LogP contribution in [-0.2, 0) is 0 Å². The maximum absolute atomic E-state index is 9.56. The van der Waals surface area contributed by atoms with Crippen LogP contribution in [0.3, 0.4) is 0 Å². The number of rotatable bonds is 1. The van der Waals surface area contributed by atoms with Gasteiger partial charge in [-0.15, -0.1) is 0 Å². The molecule has 0 amide bonds. The summed E-state index contributed by atoms with van der Waals surface area (Å²) in [6.07, 6.45) is 0. The van der Waals surface area contributed by atoms with Crippen molar-refractivity contribution in [3.63, 3.8) is 0 Å². The number of hydrogen-bond acceptors (Lipinski definition) is 1. The first-order valence-corrected chi connectivity index (χ1v) is 5.21. The monoisotopic (exact) mass is 200 g/mol. The summed E-state index contributed by atoms with van der Waals surface area (Å²) in [4.78, 5) is 0. The van der Waals surface area contributed by atoms with Crippen LogP contribution in [0.2, 0.25) is 0 Å². The molecule has 0 heterocycles. The molecule has 0 saturated heterocycles. The fraction of sp³-hybridized carbons (Fsp3) is 0.143. The predicted octanol–water partition coefficient (Wildman–Crippen LogP) is 4.09. The van der Waals surface area contributed by atoms with Crippen LogP contribution in [0.25, 0.3) is 11.1 Å². The van der Waals surface area contributed by atoms with Crippen LogP contribution in [0, 0.1) is 0 Å². The van der Waals surface area contributed by atoms with E-state index in [4.69, 9.17) is 0 Å². The third-order valence-corrected chi connectivity index (χ3v) is 1.99. The molecule has 0 spiro atoms. The Kier molecular flexibility index (Phi) is 4.42. The second kappa shape index (κ2) is 5.86.